The summed E-state index contributed by atoms with van der Waals surface area (Å²) in [4.78, 5) is 0. The van der Waals surface area contributed by atoms with Crippen molar-refractivity contribution in [3.05, 3.63) is 34.9 Å². The van der Waals surface area contributed by atoms with Crippen molar-refractivity contribution in [3.8, 4) is 0 Å². The zero-order valence-corrected chi connectivity index (χ0v) is 9.74. The Labute approximate surface area is 85.7 Å². The largest absolute Gasteiger partial charge is 0.154 e. The molecule has 0 atom stereocenters. The minimum atomic E-state index is 0.721. The van der Waals surface area contributed by atoms with Crippen LogP contribution in [0.2, 0.25) is 0 Å². The quantitative estimate of drug-likeness (QED) is 0.702. The molecule has 0 saturated heterocycles. The minimum absolute atomic E-state index is 0.721. The lowest BCUT2D eigenvalue weighted by Crippen LogP contribution is -1.94. The molecule has 0 aliphatic rings. The Kier molecular flexibility index (Phi) is 3.86. The van der Waals surface area contributed by atoms with Gasteiger partial charge in [-0.15, -0.1) is 0 Å². The van der Waals surface area contributed by atoms with E-state index >= 15 is 0 Å². The Bertz CT molecular complexity index is 256. The molecule has 0 spiro atoms. The summed E-state index contributed by atoms with van der Waals surface area (Å²) in [5.74, 6) is 1.15. The molecule has 1 aromatic carbocycles. The standard InChI is InChI=1S/C12H18S/c1-9(2)13-8-12-10(3)6-5-7-11(12)4/h5-7,9H,8H2,1-4H3. The zero-order chi connectivity index (χ0) is 9.84. The van der Waals surface area contributed by atoms with E-state index in [1.807, 2.05) is 11.8 Å². The lowest BCUT2D eigenvalue weighted by atomic mass is 10.1. The maximum atomic E-state index is 2.25. The number of aryl methyl sites for hydroxylation is 2. The molecule has 1 aromatic rings. The lowest BCUT2D eigenvalue weighted by Gasteiger charge is -2.10. The van der Waals surface area contributed by atoms with Crippen molar-refractivity contribution < 1.29 is 0 Å². The number of thioether (sulfide) groups is 1. The van der Waals surface area contributed by atoms with Crippen LogP contribution in [-0.2, 0) is 5.75 Å². The molecule has 0 amide bonds. The van der Waals surface area contributed by atoms with Crippen molar-refractivity contribution >= 4 is 11.8 Å². The zero-order valence-electron chi connectivity index (χ0n) is 8.92. The molecule has 0 aliphatic carbocycles. The third kappa shape index (κ3) is 3.07. The molecule has 0 bridgehead atoms. The Balaban J connectivity index is 2.75. The fourth-order valence-electron chi connectivity index (χ4n) is 1.33. The summed E-state index contributed by atoms with van der Waals surface area (Å²) in [6, 6.07) is 6.53. The average molecular weight is 194 g/mol. The van der Waals surface area contributed by atoms with Gasteiger partial charge in [-0.1, -0.05) is 32.0 Å². The van der Waals surface area contributed by atoms with Crippen LogP contribution in [0.5, 0.6) is 0 Å². The van der Waals surface area contributed by atoms with Crippen molar-refractivity contribution in [3.63, 3.8) is 0 Å². The van der Waals surface area contributed by atoms with Crippen LogP contribution < -0.4 is 0 Å². The van der Waals surface area contributed by atoms with Gasteiger partial charge in [0.25, 0.3) is 0 Å². The van der Waals surface area contributed by atoms with Gasteiger partial charge in [-0.2, -0.15) is 11.8 Å². The Morgan fingerprint density at radius 3 is 2.15 bits per heavy atom. The minimum Gasteiger partial charge on any atom is -0.154 e. The summed E-state index contributed by atoms with van der Waals surface area (Å²) >= 11 is 2.01. The molecule has 0 radical (unpaired) electrons. The van der Waals surface area contributed by atoms with Crippen LogP contribution in [0.15, 0.2) is 18.2 Å². The summed E-state index contributed by atoms with van der Waals surface area (Å²) < 4.78 is 0. The van der Waals surface area contributed by atoms with Crippen LogP contribution in [0.3, 0.4) is 0 Å². The van der Waals surface area contributed by atoms with Gasteiger partial charge >= 0.3 is 0 Å². The highest BCUT2D eigenvalue weighted by molar-refractivity contribution is 7.99. The molecule has 13 heavy (non-hydrogen) atoms. The lowest BCUT2D eigenvalue weighted by molar-refractivity contribution is 1.10. The van der Waals surface area contributed by atoms with Gasteiger partial charge in [0.1, 0.15) is 0 Å². The van der Waals surface area contributed by atoms with Crippen LogP contribution in [-0.4, -0.2) is 5.25 Å². The first-order valence-electron chi connectivity index (χ1n) is 4.78. The topological polar surface area (TPSA) is 0 Å². The van der Waals surface area contributed by atoms with E-state index in [-0.39, 0.29) is 0 Å². The highest BCUT2D eigenvalue weighted by Gasteiger charge is 2.02. The van der Waals surface area contributed by atoms with Crippen molar-refractivity contribution in [2.45, 2.75) is 38.7 Å². The van der Waals surface area contributed by atoms with Crippen molar-refractivity contribution in [2.75, 3.05) is 0 Å². The first-order chi connectivity index (χ1) is 6.11. The van der Waals surface area contributed by atoms with Crippen molar-refractivity contribution in [2.24, 2.45) is 0 Å². The number of benzene rings is 1. The second-order valence-corrected chi connectivity index (χ2v) is 5.29. The highest BCUT2D eigenvalue weighted by atomic mass is 32.2. The number of hydrogen-bond donors (Lipinski definition) is 0. The van der Waals surface area contributed by atoms with Crippen molar-refractivity contribution in [1.29, 1.82) is 0 Å². The molecule has 0 heterocycles. The van der Waals surface area contributed by atoms with Crippen molar-refractivity contribution in [1.82, 2.24) is 0 Å². The Hall–Kier alpha value is -0.430. The molecule has 1 heteroatoms. The van der Waals surface area contributed by atoms with Crippen LogP contribution in [0.4, 0.5) is 0 Å². The number of hydrogen-bond acceptors (Lipinski definition) is 1. The van der Waals surface area contributed by atoms with Crippen LogP contribution >= 0.6 is 11.8 Å². The molecule has 1 rings (SSSR count). The van der Waals surface area contributed by atoms with E-state index in [0.717, 1.165) is 11.0 Å². The summed E-state index contributed by atoms with van der Waals surface area (Å²) in [5, 5.41) is 0.721. The summed E-state index contributed by atoms with van der Waals surface area (Å²) in [6.07, 6.45) is 0. The molecule has 0 saturated carbocycles. The van der Waals surface area contributed by atoms with E-state index in [4.69, 9.17) is 0 Å². The summed E-state index contributed by atoms with van der Waals surface area (Å²) in [7, 11) is 0. The van der Waals surface area contributed by atoms with Crippen LogP contribution in [0, 0.1) is 13.8 Å². The second-order valence-electron chi connectivity index (χ2n) is 3.73. The monoisotopic (exact) mass is 194 g/mol. The molecule has 0 fully saturated rings. The van der Waals surface area contributed by atoms with E-state index < -0.39 is 0 Å². The molecule has 0 aromatic heterocycles. The van der Waals surface area contributed by atoms with E-state index in [1.165, 1.54) is 16.7 Å². The van der Waals surface area contributed by atoms with Gasteiger partial charge in [0.05, 0.1) is 0 Å². The summed E-state index contributed by atoms with van der Waals surface area (Å²) in [6.45, 7) is 8.89. The normalized spacial score (nSPS) is 10.8. The first kappa shape index (κ1) is 10.6. The summed E-state index contributed by atoms with van der Waals surface area (Å²) in [5.41, 5.74) is 4.36. The van der Waals surface area contributed by atoms with Gasteiger partial charge in [0.15, 0.2) is 0 Å². The molecule has 0 aliphatic heterocycles. The molecular weight excluding hydrogens is 176 g/mol. The fourth-order valence-corrected chi connectivity index (χ4v) is 2.28. The fraction of sp³-hybridized carbons (Fsp3) is 0.500. The smallest absolute Gasteiger partial charge is 0.0192 e. The molecule has 0 nitrogen and oxygen atoms in total. The molecule has 0 unspecified atom stereocenters. The Morgan fingerprint density at radius 2 is 1.69 bits per heavy atom. The first-order valence-corrected chi connectivity index (χ1v) is 5.83. The van der Waals surface area contributed by atoms with E-state index in [1.54, 1.807) is 0 Å². The molecule has 0 N–H and O–H groups in total. The second kappa shape index (κ2) is 4.71. The van der Waals surface area contributed by atoms with Gasteiger partial charge in [-0.05, 0) is 35.8 Å². The van der Waals surface area contributed by atoms with Gasteiger partial charge in [0.2, 0.25) is 0 Å². The SMILES string of the molecule is Cc1cccc(C)c1CSC(C)C. The Morgan fingerprint density at radius 1 is 1.15 bits per heavy atom. The average Bonchev–Trinajstić information content (AvgIpc) is 2.03. The van der Waals surface area contributed by atoms with Crippen LogP contribution in [0.1, 0.15) is 30.5 Å². The van der Waals surface area contributed by atoms with Gasteiger partial charge in [-0.25, -0.2) is 0 Å². The predicted molar refractivity (Wildman–Crippen MR) is 62.3 cm³/mol. The van der Waals surface area contributed by atoms with Gasteiger partial charge in [-0.3, -0.25) is 0 Å². The maximum absolute atomic E-state index is 2.25. The number of rotatable bonds is 3. The van der Waals surface area contributed by atoms with E-state index in [9.17, 15) is 0 Å². The van der Waals surface area contributed by atoms with Crippen LogP contribution in [0.25, 0.3) is 0 Å². The highest BCUT2D eigenvalue weighted by Crippen LogP contribution is 2.22. The van der Waals surface area contributed by atoms with E-state index in [0.29, 0.717) is 0 Å². The molecule has 72 valence electrons. The van der Waals surface area contributed by atoms with Gasteiger partial charge < -0.3 is 0 Å². The third-order valence-electron chi connectivity index (χ3n) is 2.21. The van der Waals surface area contributed by atoms with E-state index in [2.05, 4.69) is 45.9 Å². The third-order valence-corrected chi connectivity index (χ3v) is 3.33. The maximum Gasteiger partial charge on any atom is 0.0192 e. The predicted octanol–water partition coefficient (Wildman–Crippen LogP) is 3.95. The molecular formula is C12H18S. The van der Waals surface area contributed by atoms with Gasteiger partial charge in [0, 0.05) is 5.75 Å².